The molecule has 0 atom stereocenters. The summed E-state index contributed by atoms with van der Waals surface area (Å²) in [5.74, 6) is 0.249. The number of carbonyl (C=O) groups excluding carboxylic acids is 1. The lowest BCUT2D eigenvalue weighted by Crippen LogP contribution is -2.47. The summed E-state index contributed by atoms with van der Waals surface area (Å²) in [6.07, 6.45) is 8.20. The van der Waals surface area contributed by atoms with E-state index in [0.29, 0.717) is 12.5 Å². The molecule has 2 aliphatic rings. The highest BCUT2D eigenvalue weighted by Crippen LogP contribution is 2.17. The van der Waals surface area contributed by atoms with Gasteiger partial charge in [0.05, 0.1) is 0 Å². The third kappa shape index (κ3) is 6.44. The van der Waals surface area contributed by atoms with Crippen LogP contribution in [0.4, 0.5) is 0 Å². The van der Waals surface area contributed by atoms with E-state index in [1.807, 2.05) is 0 Å². The number of hydrogen-bond acceptors (Lipinski definition) is 3. The number of amides is 1. The van der Waals surface area contributed by atoms with Gasteiger partial charge in [0.15, 0.2) is 0 Å². The first-order valence-corrected chi connectivity index (χ1v) is 10.1. The van der Waals surface area contributed by atoms with Crippen molar-refractivity contribution in [3.8, 4) is 0 Å². The van der Waals surface area contributed by atoms with Gasteiger partial charge in [-0.2, -0.15) is 0 Å². The van der Waals surface area contributed by atoms with Gasteiger partial charge in [0.2, 0.25) is 5.91 Å². The number of benzene rings is 1. The fraction of sp³-hybridized carbons (Fsp3) is 0.667. The van der Waals surface area contributed by atoms with Crippen molar-refractivity contribution in [2.75, 3.05) is 32.7 Å². The highest BCUT2D eigenvalue weighted by Gasteiger charge is 2.19. The second kappa shape index (κ2) is 9.93. The van der Waals surface area contributed by atoms with Crippen molar-refractivity contribution in [2.24, 2.45) is 0 Å². The van der Waals surface area contributed by atoms with Crippen molar-refractivity contribution in [2.45, 2.75) is 57.5 Å². The van der Waals surface area contributed by atoms with Crippen LogP contribution in [0, 0.1) is 0 Å². The summed E-state index contributed by atoms with van der Waals surface area (Å²) < 4.78 is 0. The van der Waals surface area contributed by atoms with Crippen LogP contribution in [0.15, 0.2) is 30.3 Å². The minimum Gasteiger partial charge on any atom is -0.353 e. The minimum absolute atomic E-state index is 0.249. The second-order valence-corrected chi connectivity index (χ2v) is 7.61. The van der Waals surface area contributed by atoms with Crippen molar-refractivity contribution >= 4 is 5.91 Å². The molecule has 1 saturated heterocycles. The molecule has 4 heteroatoms. The van der Waals surface area contributed by atoms with E-state index in [4.69, 9.17) is 0 Å². The topological polar surface area (TPSA) is 35.6 Å². The molecule has 1 aromatic carbocycles. The van der Waals surface area contributed by atoms with Crippen LogP contribution in [0.5, 0.6) is 0 Å². The molecule has 0 aromatic heterocycles. The summed E-state index contributed by atoms with van der Waals surface area (Å²) in [6, 6.07) is 11.1. The van der Waals surface area contributed by atoms with Crippen LogP contribution in [0.25, 0.3) is 0 Å². The highest BCUT2D eigenvalue weighted by molar-refractivity contribution is 5.76. The van der Waals surface area contributed by atoms with Crippen LogP contribution in [0.2, 0.25) is 0 Å². The summed E-state index contributed by atoms with van der Waals surface area (Å²) >= 11 is 0. The lowest BCUT2D eigenvalue weighted by molar-refractivity contribution is -0.122. The first kappa shape index (κ1) is 18.4. The molecule has 138 valence electrons. The monoisotopic (exact) mass is 343 g/mol. The Bertz CT molecular complexity index is 503. The number of nitrogens with one attached hydrogen (secondary N) is 1. The summed E-state index contributed by atoms with van der Waals surface area (Å²) in [7, 11) is 0. The first-order chi connectivity index (χ1) is 12.3. The van der Waals surface area contributed by atoms with Crippen molar-refractivity contribution in [3.05, 3.63) is 35.9 Å². The maximum atomic E-state index is 12.2. The standard InChI is InChI=1S/C21H33N3O/c25-21(22-20-10-6-1-2-7-11-20)12-13-23-14-16-24(17-15-23)18-19-8-4-3-5-9-19/h3-5,8-9,20H,1-2,6-7,10-18H2,(H,22,25). The molecule has 2 fully saturated rings. The highest BCUT2D eigenvalue weighted by atomic mass is 16.1. The first-order valence-electron chi connectivity index (χ1n) is 10.1. The average Bonchev–Trinajstić information content (AvgIpc) is 2.91. The van der Waals surface area contributed by atoms with E-state index in [0.717, 1.165) is 39.3 Å². The van der Waals surface area contributed by atoms with Crippen LogP contribution in [0.3, 0.4) is 0 Å². The zero-order chi connectivity index (χ0) is 17.3. The Morgan fingerprint density at radius 1 is 0.920 bits per heavy atom. The summed E-state index contributed by atoms with van der Waals surface area (Å²) in [5.41, 5.74) is 1.39. The van der Waals surface area contributed by atoms with Crippen LogP contribution in [-0.4, -0.2) is 54.5 Å². The molecular formula is C21H33N3O. The van der Waals surface area contributed by atoms with Gasteiger partial charge >= 0.3 is 0 Å². The molecule has 25 heavy (non-hydrogen) atoms. The van der Waals surface area contributed by atoms with Crippen molar-refractivity contribution in [1.29, 1.82) is 0 Å². The van der Waals surface area contributed by atoms with Crippen LogP contribution in [0.1, 0.15) is 50.5 Å². The number of hydrogen-bond donors (Lipinski definition) is 1. The Hall–Kier alpha value is -1.39. The molecule has 0 unspecified atom stereocenters. The van der Waals surface area contributed by atoms with E-state index in [-0.39, 0.29) is 5.91 Å². The van der Waals surface area contributed by atoms with Gasteiger partial charge in [-0.05, 0) is 18.4 Å². The van der Waals surface area contributed by atoms with Gasteiger partial charge in [-0.25, -0.2) is 0 Å². The molecule has 1 amide bonds. The van der Waals surface area contributed by atoms with E-state index in [1.165, 1.54) is 44.1 Å². The van der Waals surface area contributed by atoms with Gasteiger partial charge in [0, 0.05) is 51.7 Å². The fourth-order valence-electron chi connectivity index (χ4n) is 4.00. The molecule has 1 aliphatic carbocycles. The Labute approximate surface area is 152 Å². The van der Waals surface area contributed by atoms with Gasteiger partial charge in [-0.1, -0.05) is 56.0 Å². The van der Waals surface area contributed by atoms with Gasteiger partial charge < -0.3 is 10.2 Å². The second-order valence-electron chi connectivity index (χ2n) is 7.61. The molecule has 1 aliphatic heterocycles. The minimum atomic E-state index is 0.249. The molecule has 1 aromatic rings. The summed E-state index contributed by atoms with van der Waals surface area (Å²) in [5, 5.41) is 3.26. The quantitative estimate of drug-likeness (QED) is 0.807. The number of nitrogens with zero attached hydrogens (tertiary/aromatic N) is 2. The van der Waals surface area contributed by atoms with E-state index < -0.39 is 0 Å². The fourth-order valence-corrected chi connectivity index (χ4v) is 4.00. The maximum absolute atomic E-state index is 12.2. The van der Waals surface area contributed by atoms with Gasteiger partial charge in [0.1, 0.15) is 0 Å². The zero-order valence-corrected chi connectivity index (χ0v) is 15.5. The number of carbonyl (C=O) groups is 1. The van der Waals surface area contributed by atoms with Crippen molar-refractivity contribution in [1.82, 2.24) is 15.1 Å². The Morgan fingerprint density at radius 3 is 2.24 bits per heavy atom. The van der Waals surface area contributed by atoms with E-state index in [2.05, 4.69) is 45.4 Å². The van der Waals surface area contributed by atoms with Gasteiger partial charge in [-0.15, -0.1) is 0 Å². The third-order valence-corrected chi connectivity index (χ3v) is 5.59. The lowest BCUT2D eigenvalue weighted by atomic mass is 10.1. The van der Waals surface area contributed by atoms with E-state index in [9.17, 15) is 4.79 Å². The Morgan fingerprint density at radius 2 is 1.56 bits per heavy atom. The molecule has 1 N–H and O–H groups in total. The van der Waals surface area contributed by atoms with E-state index in [1.54, 1.807) is 0 Å². The number of piperazine rings is 1. The van der Waals surface area contributed by atoms with Crippen molar-refractivity contribution < 1.29 is 4.79 Å². The number of rotatable bonds is 6. The molecule has 3 rings (SSSR count). The molecule has 0 spiro atoms. The zero-order valence-electron chi connectivity index (χ0n) is 15.5. The lowest BCUT2D eigenvalue weighted by Gasteiger charge is -2.34. The Kier molecular flexibility index (Phi) is 7.31. The molecule has 1 heterocycles. The van der Waals surface area contributed by atoms with E-state index >= 15 is 0 Å². The predicted molar refractivity (Wildman–Crippen MR) is 102 cm³/mol. The van der Waals surface area contributed by atoms with Crippen LogP contribution in [-0.2, 0) is 11.3 Å². The van der Waals surface area contributed by atoms with Crippen molar-refractivity contribution in [3.63, 3.8) is 0 Å². The van der Waals surface area contributed by atoms with Gasteiger partial charge in [0.25, 0.3) is 0 Å². The Balaban J connectivity index is 1.31. The normalized spacial score (nSPS) is 21.0. The third-order valence-electron chi connectivity index (χ3n) is 5.59. The largest absolute Gasteiger partial charge is 0.353 e. The predicted octanol–water partition coefficient (Wildman–Crippen LogP) is 3.03. The summed E-state index contributed by atoms with van der Waals surface area (Å²) in [4.78, 5) is 17.2. The molecular weight excluding hydrogens is 310 g/mol. The maximum Gasteiger partial charge on any atom is 0.221 e. The molecule has 0 bridgehead atoms. The van der Waals surface area contributed by atoms with Crippen LogP contribution >= 0.6 is 0 Å². The van der Waals surface area contributed by atoms with Gasteiger partial charge in [-0.3, -0.25) is 9.69 Å². The average molecular weight is 344 g/mol. The summed E-state index contributed by atoms with van der Waals surface area (Å²) in [6.45, 7) is 6.28. The SMILES string of the molecule is O=C(CCN1CCN(Cc2ccccc2)CC1)NC1CCCCCC1. The molecule has 1 saturated carbocycles. The molecule has 0 radical (unpaired) electrons. The smallest absolute Gasteiger partial charge is 0.221 e. The molecule has 4 nitrogen and oxygen atoms in total. The van der Waals surface area contributed by atoms with Crippen LogP contribution < -0.4 is 5.32 Å².